The van der Waals surface area contributed by atoms with Gasteiger partial charge in [0.1, 0.15) is 5.60 Å². The number of hydrogen-bond donors (Lipinski definition) is 2. The summed E-state index contributed by atoms with van der Waals surface area (Å²) in [6, 6.07) is 6.29. The number of carbonyl (C=O) groups excluding carboxylic acids is 1. The molecule has 1 rings (SSSR count). The van der Waals surface area contributed by atoms with Gasteiger partial charge in [-0.2, -0.15) is 0 Å². The Bertz CT molecular complexity index is 362. The average Bonchev–Trinajstić information content (AvgIpc) is 2.26. The summed E-state index contributed by atoms with van der Waals surface area (Å²) in [6.07, 6.45) is -0.994. The zero-order chi connectivity index (χ0) is 12.3. The number of carbonyl (C=O) groups is 1. The van der Waals surface area contributed by atoms with E-state index in [1.54, 1.807) is 24.3 Å². The van der Waals surface area contributed by atoms with Crippen LogP contribution >= 0.6 is 0 Å². The number of rotatable bonds is 4. The third kappa shape index (κ3) is 2.88. The second-order valence-electron chi connectivity index (χ2n) is 4.10. The van der Waals surface area contributed by atoms with E-state index in [4.69, 9.17) is 4.74 Å². The van der Waals surface area contributed by atoms with E-state index in [2.05, 4.69) is 0 Å². The van der Waals surface area contributed by atoms with Crippen molar-refractivity contribution < 1.29 is 19.7 Å². The quantitative estimate of drug-likeness (QED) is 0.597. The fourth-order valence-corrected chi connectivity index (χ4v) is 1.29. The van der Waals surface area contributed by atoms with Gasteiger partial charge in [-0.05, 0) is 13.8 Å². The van der Waals surface area contributed by atoms with E-state index in [-0.39, 0.29) is 5.78 Å². The zero-order valence-electron chi connectivity index (χ0n) is 9.60. The first-order valence-electron chi connectivity index (χ1n) is 4.94. The molecule has 4 nitrogen and oxygen atoms in total. The Morgan fingerprint density at radius 2 is 1.81 bits per heavy atom. The maximum absolute atomic E-state index is 11.7. The molecular weight excluding hydrogens is 208 g/mol. The molecule has 1 unspecified atom stereocenters. The molecule has 1 atom stereocenters. The van der Waals surface area contributed by atoms with Crippen LogP contribution in [0.5, 0.6) is 0 Å². The summed E-state index contributed by atoms with van der Waals surface area (Å²) in [4.78, 5) is 11.7. The van der Waals surface area contributed by atoms with Crippen molar-refractivity contribution >= 4 is 5.78 Å². The number of aliphatic hydroxyl groups excluding tert-OH is 1. The summed E-state index contributed by atoms with van der Waals surface area (Å²) in [6.45, 7) is 2.88. The number of benzene rings is 1. The monoisotopic (exact) mass is 224 g/mol. The fraction of sp³-hybridized carbons (Fsp3) is 0.417. The smallest absolute Gasteiger partial charge is 0.193 e. The standard InChI is InChI=1S/C12H16O4/c1-12(2,15)10(13)8-4-6-9(7-5-8)11(14)16-3/h4-7,11,14-15H,1-3H3. The maximum atomic E-state index is 11.7. The van der Waals surface area contributed by atoms with Crippen LogP contribution in [0.3, 0.4) is 0 Å². The summed E-state index contributed by atoms with van der Waals surface area (Å²) >= 11 is 0. The van der Waals surface area contributed by atoms with Crippen LogP contribution in [0.1, 0.15) is 36.1 Å². The number of ketones is 1. The van der Waals surface area contributed by atoms with Crippen LogP contribution in [-0.2, 0) is 4.74 Å². The Morgan fingerprint density at radius 1 is 1.31 bits per heavy atom. The number of ether oxygens (including phenoxy) is 1. The molecule has 0 aliphatic carbocycles. The van der Waals surface area contributed by atoms with Crippen molar-refractivity contribution in [3.05, 3.63) is 35.4 Å². The highest BCUT2D eigenvalue weighted by atomic mass is 16.6. The number of methoxy groups -OCH3 is 1. The lowest BCUT2D eigenvalue weighted by molar-refractivity contribution is -0.0769. The highest BCUT2D eigenvalue weighted by Crippen LogP contribution is 2.17. The Hall–Kier alpha value is -1.23. The first kappa shape index (κ1) is 12.8. The molecule has 0 aliphatic rings. The summed E-state index contributed by atoms with van der Waals surface area (Å²) in [5, 5.41) is 18.9. The lowest BCUT2D eigenvalue weighted by Gasteiger charge is -2.16. The van der Waals surface area contributed by atoms with E-state index in [0.29, 0.717) is 11.1 Å². The van der Waals surface area contributed by atoms with Gasteiger partial charge in [0, 0.05) is 18.2 Å². The van der Waals surface area contributed by atoms with Crippen LogP contribution in [0.25, 0.3) is 0 Å². The first-order chi connectivity index (χ1) is 7.36. The zero-order valence-corrected chi connectivity index (χ0v) is 9.60. The normalized spacial score (nSPS) is 13.6. The molecule has 0 bridgehead atoms. The summed E-state index contributed by atoms with van der Waals surface area (Å²) < 4.78 is 4.73. The minimum atomic E-state index is -1.39. The summed E-state index contributed by atoms with van der Waals surface area (Å²) in [7, 11) is 1.39. The predicted octanol–water partition coefficient (Wildman–Crippen LogP) is 1.28. The molecule has 0 spiro atoms. The molecule has 0 saturated heterocycles. The van der Waals surface area contributed by atoms with Gasteiger partial charge in [0.05, 0.1) is 0 Å². The van der Waals surface area contributed by atoms with Gasteiger partial charge < -0.3 is 14.9 Å². The van der Waals surface area contributed by atoms with Crippen molar-refractivity contribution in [2.75, 3.05) is 7.11 Å². The number of aliphatic hydroxyl groups is 2. The lowest BCUT2D eigenvalue weighted by Crippen LogP contribution is -2.31. The Morgan fingerprint density at radius 3 is 2.19 bits per heavy atom. The second kappa shape index (κ2) is 4.74. The Kier molecular flexibility index (Phi) is 3.80. The Balaban J connectivity index is 2.91. The van der Waals surface area contributed by atoms with Crippen molar-refractivity contribution in [1.29, 1.82) is 0 Å². The maximum Gasteiger partial charge on any atom is 0.193 e. The molecular formula is C12H16O4. The van der Waals surface area contributed by atoms with Gasteiger partial charge in [-0.1, -0.05) is 24.3 Å². The summed E-state index contributed by atoms with van der Waals surface area (Å²) in [5.74, 6) is -0.356. The van der Waals surface area contributed by atoms with Crippen molar-refractivity contribution in [3.8, 4) is 0 Å². The van der Waals surface area contributed by atoms with Crippen LogP contribution in [0.15, 0.2) is 24.3 Å². The van der Waals surface area contributed by atoms with Crippen LogP contribution in [-0.4, -0.2) is 28.7 Å². The van der Waals surface area contributed by atoms with E-state index >= 15 is 0 Å². The van der Waals surface area contributed by atoms with Gasteiger partial charge in [-0.25, -0.2) is 0 Å². The van der Waals surface area contributed by atoms with E-state index in [9.17, 15) is 15.0 Å². The molecule has 0 amide bonds. The third-order valence-corrected chi connectivity index (χ3v) is 2.24. The third-order valence-electron chi connectivity index (χ3n) is 2.24. The van der Waals surface area contributed by atoms with Crippen molar-refractivity contribution in [2.45, 2.75) is 25.7 Å². The van der Waals surface area contributed by atoms with E-state index in [1.807, 2.05) is 0 Å². The molecule has 0 aliphatic heterocycles. The number of Topliss-reactive ketones (excluding diaryl/α,β-unsaturated/α-hetero) is 1. The molecule has 0 aromatic heterocycles. The van der Waals surface area contributed by atoms with Gasteiger partial charge >= 0.3 is 0 Å². The minimum absolute atomic E-state index is 0.356. The van der Waals surface area contributed by atoms with Crippen molar-refractivity contribution in [3.63, 3.8) is 0 Å². The molecule has 16 heavy (non-hydrogen) atoms. The van der Waals surface area contributed by atoms with Gasteiger partial charge in [0.15, 0.2) is 12.1 Å². The van der Waals surface area contributed by atoms with Crippen molar-refractivity contribution in [2.24, 2.45) is 0 Å². The summed E-state index contributed by atoms with van der Waals surface area (Å²) in [5.41, 5.74) is -0.421. The van der Waals surface area contributed by atoms with Crippen LogP contribution in [0.4, 0.5) is 0 Å². The van der Waals surface area contributed by atoms with Gasteiger partial charge in [-0.3, -0.25) is 4.79 Å². The largest absolute Gasteiger partial charge is 0.382 e. The Labute approximate surface area is 94.5 Å². The minimum Gasteiger partial charge on any atom is -0.382 e. The topological polar surface area (TPSA) is 66.8 Å². The molecule has 2 N–H and O–H groups in total. The molecule has 88 valence electrons. The van der Waals surface area contributed by atoms with Gasteiger partial charge in [0.2, 0.25) is 0 Å². The van der Waals surface area contributed by atoms with Crippen LogP contribution in [0, 0.1) is 0 Å². The molecule has 1 aromatic rings. The molecule has 0 fully saturated rings. The molecule has 0 saturated carbocycles. The molecule has 1 aromatic carbocycles. The van der Waals surface area contributed by atoms with Crippen LogP contribution < -0.4 is 0 Å². The number of hydrogen-bond acceptors (Lipinski definition) is 4. The highest BCUT2D eigenvalue weighted by molar-refractivity contribution is 6.01. The van der Waals surface area contributed by atoms with Gasteiger partial charge in [-0.15, -0.1) is 0 Å². The predicted molar refractivity (Wildman–Crippen MR) is 59.0 cm³/mol. The second-order valence-corrected chi connectivity index (χ2v) is 4.10. The molecule has 0 radical (unpaired) electrons. The van der Waals surface area contributed by atoms with E-state index in [1.165, 1.54) is 21.0 Å². The molecule has 0 heterocycles. The fourth-order valence-electron chi connectivity index (χ4n) is 1.29. The SMILES string of the molecule is COC(O)c1ccc(C(=O)C(C)(C)O)cc1. The first-order valence-corrected chi connectivity index (χ1v) is 4.94. The van der Waals surface area contributed by atoms with Gasteiger partial charge in [0.25, 0.3) is 0 Å². The van der Waals surface area contributed by atoms with E-state index < -0.39 is 11.9 Å². The highest BCUT2D eigenvalue weighted by Gasteiger charge is 2.25. The van der Waals surface area contributed by atoms with Crippen LogP contribution in [0.2, 0.25) is 0 Å². The van der Waals surface area contributed by atoms with E-state index in [0.717, 1.165) is 0 Å². The lowest BCUT2D eigenvalue weighted by atomic mass is 9.96. The average molecular weight is 224 g/mol. The van der Waals surface area contributed by atoms with Crippen molar-refractivity contribution in [1.82, 2.24) is 0 Å². The molecule has 4 heteroatoms.